The highest BCUT2D eigenvalue weighted by atomic mass is 19.4. The first-order valence-corrected chi connectivity index (χ1v) is 7.17. The first kappa shape index (κ1) is 17.8. The zero-order chi connectivity index (χ0) is 17.9. The molecule has 2 rings (SSSR count). The van der Waals surface area contributed by atoms with E-state index in [1.165, 1.54) is 31.4 Å². The van der Waals surface area contributed by atoms with Gasteiger partial charge in [-0.2, -0.15) is 18.4 Å². The molecular weight excluding hydrogens is 325 g/mol. The first-order chi connectivity index (χ1) is 11.2. The summed E-state index contributed by atoms with van der Waals surface area (Å²) < 4.78 is 42.8. The number of rotatable bonds is 5. The standard InChI is InChI=1S/C16H15F3N2O3/c1-24-15(23)13-6-12(13)14(22)21(9-16(17,18)19)8-11-4-2-10(7-20)3-5-11/h2-5,12-13H,6,8-9H2,1H3/t12-,13-/m0/s1. The lowest BCUT2D eigenvalue weighted by atomic mass is 10.1. The first-order valence-electron chi connectivity index (χ1n) is 7.17. The number of halogens is 3. The van der Waals surface area contributed by atoms with Gasteiger partial charge in [0.15, 0.2) is 0 Å². The molecule has 0 spiro atoms. The van der Waals surface area contributed by atoms with Crippen molar-refractivity contribution >= 4 is 11.9 Å². The van der Waals surface area contributed by atoms with E-state index >= 15 is 0 Å². The lowest BCUT2D eigenvalue weighted by molar-refractivity contribution is -0.164. The van der Waals surface area contributed by atoms with Crippen molar-refractivity contribution in [3.63, 3.8) is 0 Å². The normalized spacial score (nSPS) is 19.3. The predicted octanol–water partition coefficient (Wildman–Crippen LogP) is 2.26. The molecule has 0 saturated heterocycles. The molecule has 0 aliphatic heterocycles. The van der Waals surface area contributed by atoms with Crippen molar-refractivity contribution in [1.29, 1.82) is 5.26 Å². The third-order valence-corrected chi connectivity index (χ3v) is 3.75. The topological polar surface area (TPSA) is 70.4 Å². The Morgan fingerprint density at radius 3 is 2.42 bits per heavy atom. The summed E-state index contributed by atoms with van der Waals surface area (Å²) in [7, 11) is 1.17. The zero-order valence-electron chi connectivity index (χ0n) is 12.8. The number of ether oxygens (including phenoxy) is 1. The maximum absolute atomic E-state index is 12.8. The number of carbonyl (C=O) groups is 2. The maximum Gasteiger partial charge on any atom is 0.406 e. The van der Waals surface area contributed by atoms with Gasteiger partial charge in [-0.25, -0.2) is 0 Å². The Balaban J connectivity index is 2.11. The van der Waals surface area contributed by atoms with Crippen molar-refractivity contribution in [2.75, 3.05) is 13.7 Å². The van der Waals surface area contributed by atoms with Crippen LogP contribution >= 0.6 is 0 Å². The average Bonchev–Trinajstić information content (AvgIpc) is 3.33. The molecule has 0 heterocycles. The van der Waals surface area contributed by atoms with Gasteiger partial charge in [0.05, 0.1) is 30.6 Å². The van der Waals surface area contributed by atoms with E-state index in [1.807, 2.05) is 6.07 Å². The SMILES string of the molecule is COC(=O)[C@H]1C[C@@H]1C(=O)N(Cc1ccc(C#N)cc1)CC(F)(F)F. The van der Waals surface area contributed by atoms with Crippen LogP contribution in [-0.2, 0) is 20.9 Å². The van der Waals surface area contributed by atoms with Crippen LogP contribution in [0.4, 0.5) is 13.2 Å². The van der Waals surface area contributed by atoms with E-state index in [1.54, 1.807) is 0 Å². The Bertz CT molecular complexity index is 665. The summed E-state index contributed by atoms with van der Waals surface area (Å²) in [5, 5.41) is 8.73. The molecule has 0 N–H and O–H groups in total. The number of esters is 1. The second-order valence-corrected chi connectivity index (χ2v) is 5.59. The minimum absolute atomic E-state index is 0.202. The molecule has 1 aromatic rings. The van der Waals surface area contributed by atoms with Crippen LogP contribution in [0.25, 0.3) is 0 Å². The number of methoxy groups -OCH3 is 1. The van der Waals surface area contributed by atoms with E-state index in [4.69, 9.17) is 5.26 Å². The van der Waals surface area contributed by atoms with Crippen molar-refractivity contribution in [2.24, 2.45) is 11.8 Å². The second-order valence-electron chi connectivity index (χ2n) is 5.59. The van der Waals surface area contributed by atoms with E-state index in [0.717, 1.165) is 0 Å². The van der Waals surface area contributed by atoms with Crippen molar-refractivity contribution in [3.05, 3.63) is 35.4 Å². The van der Waals surface area contributed by atoms with Gasteiger partial charge in [-0.3, -0.25) is 9.59 Å². The van der Waals surface area contributed by atoms with Crippen LogP contribution in [-0.4, -0.2) is 36.6 Å². The zero-order valence-corrected chi connectivity index (χ0v) is 12.8. The molecule has 2 atom stereocenters. The summed E-state index contributed by atoms with van der Waals surface area (Å²) in [4.78, 5) is 24.4. The fraction of sp³-hybridized carbons (Fsp3) is 0.438. The summed E-state index contributed by atoms with van der Waals surface area (Å²) in [5.74, 6) is -2.73. The monoisotopic (exact) mass is 340 g/mol. The van der Waals surface area contributed by atoms with E-state index in [2.05, 4.69) is 4.74 Å². The van der Waals surface area contributed by atoms with Gasteiger partial charge in [0.25, 0.3) is 0 Å². The van der Waals surface area contributed by atoms with Gasteiger partial charge in [0.1, 0.15) is 6.54 Å². The Morgan fingerprint density at radius 2 is 1.92 bits per heavy atom. The number of amides is 1. The molecule has 0 radical (unpaired) electrons. The van der Waals surface area contributed by atoms with Crippen LogP contribution < -0.4 is 0 Å². The molecule has 24 heavy (non-hydrogen) atoms. The minimum Gasteiger partial charge on any atom is -0.469 e. The Kier molecular flexibility index (Phi) is 5.12. The Hall–Kier alpha value is -2.56. The smallest absolute Gasteiger partial charge is 0.406 e. The lowest BCUT2D eigenvalue weighted by Crippen LogP contribution is -2.39. The van der Waals surface area contributed by atoms with Gasteiger partial charge in [-0.1, -0.05) is 12.1 Å². The van der Waals surface area contributed by atoms with Crippen LogP contribution in [0.15, 0.2) is 24.3 Å². The fourth-order valence-corrected chi connectivity index (χ4v) is 2.45. The summed E-state index contributed by atoms with van der Waals surface area (Å²) >= 11 is 0. The number of carbonyl (C=O) groups excluding carboxylic acids is 2. The largest absolute Gasteiger partial charge is 0.469 e. The van der Waals surface area contributed by atoms with Crippen molar-refractivity contribution < 1.29 is 27.5 Å². The number of alkyl halides is 3. The number of hydrogen-bond acceptors (Lipinski definition) is 4. The van der Waals surface area contributed by atoms with Gasteiger partial charge in [0.2, 0.25) is 5.91 Å². The number of nitrogens with zero attached hydrogens (tertiary/aromatic N) is 2. The van der Waals surface area contributed by atoms with Crippen LogP contribution in [0.3, 0.4) is 0 Å². The summed E-state index contributed by atoms with van der Waals surface area (Å²) in [6.45, 7) is -1.63. The third-order valence-electron chi connectivity index (χ3n) is 3.75. The molecule has 1 fully saturated rings. The highest BCUT2D eigenvalue weighted by molar-refractivity contribution is 5.90. The number of hydrogen-bond donors (Lipinski definition) is 0. The summed E-state index contributed by atoms with van der Waals surface area (Å²) in [6, 6.07) is 7.85. The number of nitriles is 1. The lowest BCUT2D eigenvalue weighted by Gasteiger charge is -2.24. The molecule has 1 aliphatic rings. The van der Waals surface area contributed by atoms with Crippen LogP contribution in [0, 0.1) is 23.2 Å². The van der Waals surface area contributed by atoms with Crippen molar-refractivity contribution in [1.82, 2.24) is 4.90 Å². The molecule has 0 bridgehead atoms. The third kappa shape index (κ3) is 4.47. The molecule has 128 valence electrons. The molecule has 0 unspecified atom stereocenters. The van der Waals surface area contributed by atoms with E-state index in [9.17, 15) is 22.8 Å². The highest BCUT2D eigenvalue weighted by Gasteiger charge is 2.51. The Morgan fingerprint density at radius 1 is 1.29 bits per heavy atom. The summed E-state index contributed by atoms with van der Waals surface area (Å²) in [6.07, 6.45) is -4.34. The Labute approximate surface area is 136 Å². The molecule has 1 saturated carbocycles. The quantitative estimate of drug-likeness (QED) is 0.771. The van der Waals surface area contributed by atoms with Crippen molar-refractivity contribution in [2.45, 2.75) is 19.1 Å². The fourth-order valence-electron chi connectivity index (χ4n) is 2.45. The van der Waals surface area contributed by atoms with E-state index in [0.29, 0.717) is 16.0 Å². The molecule has 5 nitrogen and oxygen atoms in total. The van der Waals surface area contributed by atoms with Crippen LogP contribution in [0.1, 0.15) is 17.5 Å². The number of benzene rings is 1. The van der Waals surface area contributed by atoms with Gasteiger partial charge >= 0.3 is 12.1 Å². The molecule has 0 aromatic heterocycles. The van der Waals surface area contributed by atoms with Gasteiger partial charge in [-0.05, 0) is 24.1 Å². The van der Waals surface area contributed by atoms with Crippen LogP contribution in [0.2, 0.25) is 0 Å². The van der Waals surface area contributed by atoms with E-state index in [-0.39, 0.29) is 13.0 Å². The van der Waals surface area contributed by atoms with E-state index < -0.39 is 36.4 Å². The van der Waals surface area contributed by atoms with Crippen LogP contribution in [0.5, 0.6) is 0 Å². The molecular formula is C16H15F3N2O3. The van der Waals surface area contributed by atoms with Crippen molar-refractivity contribution in [3.8, 4) is 6.07 Å². The molecule has 8 heteroatoms. The minimum atomic E-state index is -4.54. The highest BCUT2D eigenvalue weighted by Crippen LogP contribution is 2.41. The maximum atomic E-state index is 12.8. The summed E-state index contributed by atoms with van der Waals surface area (Å²) in [5.41, 5.74) is 0.849. The second kappa shape index (κ2) is 6.91. The molecule has 1 aromatic carbocycles. The van der Waals surface area contributed by atoms with Gasteiger partial charge < -0.3 is 9.64 Å². The molecule has 1 aliphatic carbocycles. The molecule has 1 amide bonds. The predicted molar refractivity (Wildman–Crippen MR) is 76.2 cm³/mol. The average molecular weight is 340 g/mol. The van der Waals surface area contributed by atoms with Gasteiger partial charge in [-0.15, -0.1) is 0 Å². The van der Waals surface area contributed by atoms with Gasteiger partial charge in [0, 0.05) is 6.54 Å².